The number of benzene rings is 1. The minimum Gasteiger partial charge on any atom is -0.493 e. The molecule has 0 saturated heterocycles. The molecule has 3 atom stereocenters. The van der Waals surface area contributed by atoms with Crippen molar-refractivity contribution in [3.05, 3.63) is 23.3 Å². The van der Waals surface area contributed by atoms with Crippen molar-refractivity contribution >= 4 is 0 Å². The van der Waals surface area contributed by atoms with Gasteiger partial charge in [-0.1, -0.05) is 20.3 Å². The van der Waals surface area contributed by atoms with E-state index in [1.165, 1.54) is 30.4 Å². The minimum atomic E-state index is 0.643. The third kappa shape index (κ3) is 3.18. The fourth-order valence-electron chi connectivity index (χ4n) is 3.59. The standard InChI is InChI=1S/C18H29NO2/c1-6-8-19-16-10-15(13(16)7-2)14-11-18(21-5)17(20-4)9-12(14)3/h9,11,13,15-16,19H,6-8,10H2,1-5H3. The Morgan fingerprint density at radius 2 is 1.81 bits per heavy atom. The van der Waals surface area contributed by atoms with E-state index in [0.29, 0.717) is 12.0 Å². The summed E-state index contributed by atoms with van der Waals surface area (Å²) in [6.07, 6.45) is 3.65. The van der Waals surface area contributed by atoms with Gasteiger partial charge < -0.3 is 14.8 Å². The topological polar surface area (TPSA) is 30.5 Å². The van der Waals surface area contributed by atoms with E-state index in [0.717, 1.165) is 24.0 Å². The second kappa shape index (κ2) is 7.17. The van der Waals surface area contributed by atoms with E-state index in [9.17, 15) is 0 Å². The predicted octanol–water partition coefficient (Wildman–Crippen LogP) is 3.89. The van der Waals surface area contributed by atoms with Gasteiger partial charge in [-0.25, -0.2) is 0 Å². The molecule has 3 unspecified atom stereocenters. The van der Waals surface area contributed by atoms with Gasteiger partial charge in [-0.05, 0) is 61.4 Å². The maximum atomic E-state index is 5.47. The van der Waals surface area contributed by atoms with Crippen LogP contribution in [0.1, 0.15) is 50.2 Å². The van der Waals surface area contributed by atoms with Crippen LogP contribution < -0.4 is 14.8 Å². The highest BCUT2D eigenvalue weighted by Crippen LogP contribution is 2.47. The molecule has 1 aliphatic carbocycles. The maximum Gasteiger partial charge on any atom is 0.161 e. The van der Waals surface area contributed by atoms with E-state index in [1.54, 1.807) is 14.2 Å². The third-order valence-corrected chi connectivity index (χ3v) is 4.84. The Balaban J connectivity index is 2.19. The molecule has 0 bridgehead atoms. The summed E-state index contributed by atoms with van der Waals surface area (Å²) >= 11 is 0. The summed E-state index contributed by atoms with van der Waals surface area (Å²) in [5.74, 6) is 3.04. The lowest BCUT2D eigenvalue weighted by Crippen LogP contribution is -2.49. The van der Waals surface area contributed by atoms with Gasteiger partial charge in [0.2, 0.25) is 0 Å². The van der Waals surface area contributed by atoms with Crippen molar-refractivity contribution in [2.75, 3.05) is 20.8 Å². The van der Waals surface area contributed by atoms with Gasteiger partial charge in [-0.3, -0.25) is 0 Å². The molecule has 3 nitrogen and oxygen atoms in total. The Kier molecular flexibility index (Phi) is 5.51. The molecular weight excluding hydrogens is 262 g/mol. The van der Waals surface area contributed by atoms with Gasteiger partial charge >= 0.3 is 0 Å². The van der Waals surface area contributed by atoms with Gasteiger partial charge in [-0.15, -0.1) is 0 Å². The summed E-state index contributed by atoms with van der Waals surface area (Å²) in [5.41, 5.74) is 2.74. The molecule has 0 spiro atoms. The van der Waals surface area contributed by atoms with Crippen LogP contribution in [0.25, 0.3) is 0 Å². The molecule has 21 heavy (non-hydrogen) atoms. The summed E-state index contributed by atoms with van der Waals surface area (Å²) in [6, 6.07) is 4.96. The van der Waals surface area contributed by atoms with Gasteiger partial charge in [0.25, 0.3) is 0 Å². The normalized spacial score (nSPS) is 24.5. The molecule has 3 heteroatoms. The molecule has 0 aromatic heterocycles. The number of methoxy groups -OCH3 is 2. The fraction of sp³-hybridized carbons (Fsp3) is 0.667. The fourth-order valence-corrected chi connectivity index (χ4v) is 3.59. The van der Waals surface area contributed by atoms with E-state index in [2.05, 4.69) is 38.2 Å². The molecule has 1 fully saturated rings. The summed E-state index contributed by atoms with van der Waals surface area (Å²) in [5, 5.41) is 3.68. The molecule has 0 radical (unpaired) electrons. The van der Waals surface area contributed by atoms with Crippen molar-refractivity contribution < 1.29 is 9.47 Å². The van der Waals surface area contributed by atoms with E-state index >= 15 is 0 Å². The molecular formula is C18H29NO2. The van der Waals surface area contributed by atoms with Gasteiger partial charge in [0.05, 0.1) is 14.2 Å². The Bertz CT molecular complexity index is 473. The zero-order chi connectivity index (χ0) is 15.4. The zero-order valence-corrected chi connectivity index (χ0v) is 14.0. The van der Waals surface area contributed by atoms with Crippen LogP contribution in [0.4, 0.5) is 0 Å². The van der Waals surface area contributed by atoms with E-state index < -0.39 is 0 Å². The molecule has 1 aromatic carbocycles. The van der Waals surface area contributed by atoms with Crippen molar-refractivity contribution in [2.45, 2.75) is 52.0 Å². The molecule has 1 saturated carbocycles. The zero-order valence-electron chi connectivity index (χ0n) is 14.0. The molecule has 2 rings (SSSR count). The number of nitrogens with one attached hydrogen (secondary N) is 1. The van der Waals surface area contributed by atoms with Crippen LogP contribution in [0.5, 0.6) is 11.5 Å². The van der Waals surface area contributed by atoms with Gasteiger partial charge in [0, 0.05) is 6.04 Å². The van der Waals surface area contributed by atoms with Crippen molar-refractivity contribution in [1.29, 1.82) is 0 Å². The summed E-state index contributed by atoms with van der Waals surface area (Å²) in [6.45, 7) is 7.83. The van der Waals surface area contributed by atoms with Crippen molar-refractivity contribution in [1.82, 2.24) is 5.32 Å². The molecule has 1 aliphatic rings. The predicted molar refractivity (Wildman–Crippen MR) is 87.5 cm³/mol. The maximum absolute atomic E-state index is 5.47. The Morgan fingerprint density at radius 3 is 2.38 bits per heavy atom. The first-order chi connectivity index (χ1) is 10.2. The third-order valence-electron chi connectivity index (χ3n) is 4.84. The van der Waals surface area contributed by atoms with Crippen LogP contribution in [-0.4, -0.2) is 26.8 Å². The van der Waals surface area contributed by atoms with Gasteiger partial charge in [0.15, 0.2) is 11.5 Å². The quantitative estimate of drug-likeness (QED) is 0.826. The molecule has 1 aromatic rings. The van der Waals surface area contributed by atoms with Crippen molar-refractivity contribution in [2.24, 2.45) is 5.92 Å². The van der Waals surface area contributed by atoms with Crippen molar-refractivity contribution in [3.8, 4) is 11.5 Å². The van der Waals surface area contributed by atoms with Crippen LogP contribution in [-0.2, 0) is 0 Å². The second-order valence-corrected chi connectivity index (χ2v) is 6.04. The van der Waals surface area contributed by atoms with Gasteiger partial charge in [0.1, 0.15) is 0 Å². The molecule has 0 aliphatic heterocycles. The van der Waals surface area contributed by atoms with E-state index in [1.807, 2.05) is 0 Å². The first kappa shape index (κ1) is 16.2. The lowest BCUT2D eigenvalue weighted by Gasteiger charge is -2.46. The number of ether oxygens (including phenoxy) is 2. The van der Waals surface area contributed by atoms with Crippen LogP contribution in [0.2, 0.25) is 0 Å². The highest BCUT2D eigenvalue weighted by atomic mass is 16.5. The van der Waals surface area contributed by atoms with E-state index in [4.69, 9.17) is 9.47 Å². The number of hydrogen-bond donors (Lipinski definition) is 1. The Morgan fingerprint density at radius 1 is 1.14 bits per heavy atom. The smallest absolute Gasteiger partial charge is 0.161 e. The monoisotopic (exact) mass is 291 g/mol. The second-order valence-electron chi connectivity index (χ2n) is 6.04. The van der Waals surface area contributed by atoms with Crippen LogP contribution in [0.3, 0.4) is 0 Å². The van der Waals surface area contributed by atoms with Crippen LogP contribution >= 0.6 is 0 Å². The number of aryl methyl sites for hydroxylation is 1. The average Bonchev–Trinajstić information content (AvgIpc) is 2.47. The highest BCUT2D eigenvalue weighted by molar-refractivity contribution is 5.49. The summed E-state index contributed by atoms with van der Waals surface area (Å²) < 4.78 is 10.9. The SMILES string of the molecule is CCCNC1CC(c2cc(OC)c(OC)cc2C)C1CC. The lowest BCUT2D eigenvalue weighted by molar-refractivity contribution is 0.160. The molecule has 0 heterocycles. The number of rotatable bonds is 7. The van der Waals surface area contributed by atoms with Gasteiger partial charge in [-0.2, -0.15) is 0 Å². The number of hydrogen-bond acceptors (Lipinski definition) is 3. The minimum absolute atomic E-state index is 0.643. The first-order valence-corrected chi connectivity index (χ1v) is 8.12. The highest BCUT2D eigenvalue weighted by Gasteiger charge is 2.40. The Hall–Kier alpha value is -1.22. The molecule has 1 N–H and O–H groups in total. The van der Waals surface area contributed by atoms with Crippen molar-refractivity contribution in [3.63, 3.8) is 0 Å². The molecule has 118 valence electrons. The lowest BCUT2D eigenvalue weighted by atomic mass is 9.64. The average molecular weight is 291 g/mol. The largest absolute Gasteiger partial charge is 0.493 e. The van der Waals surface area contributed by atoms with E-state index in [-0.39, 0.29) is 0 Å². The molecule has 0 amide bonds. The van der Waals surface area contributed by atoms with Crippen LogP contribution in [0.15, 0.2) is 12.1 Å². The summed E-state index contributed by atoms with van der Waals surface area (Å²) in [7, 11) is 3.40. The first-order valence-electron chi connectivity index (χ1n) is 8.12. The van der Waals surface area contributed by atoms with Crippen LogP contribution in [0, 0.1) is 12.8 Å². The Labute approximate surface area is 129 Å². The summed E-state index contributed by atoms with van der Waals surface area (Å²) in [4.78, 5) is 0.